The van der Waals surface area contributed by atoms with E-state index < -0.39 is 24.7 Å². The van der Waals surface area contributed by atoms with Gasteiger partial charge in [0.2, 0.25) is 0 Å². The number of benzene rings is 1. The average Bonchev–Trinajstić information content (AvgIpc) is 3.28. The summed E-state index contributed by atoms with van der Waals surface area (Å²) < 4.78 is 51.3. The molecule has 7 nitrogen and oxygen atoms in total. The number of amides is 1. The summed E-state index contributed by atoms with van der Waals surface area (Å²) in [6.07, 6.45) is 5.41. The normalized spacial score (nSPS) is 21.0. The van der Waals surface area contributed by atoms with Crippen molar-refractivity contribution >= 4 is 11.4 Å². The number of methoxy groups -OCH3 is 1. The van der Waals surface area contributed by atoms with Gasteiger partial charge in [-0.05, 0) is 48.6 Å². The van der Waals surface area contributed by atoms with E-state index >= 15 is 0 Å². The van der Waals surface area contributed by atoms with Gasteiger partial charge >= 0.3 is 6.61 Å². The van der Waals surface area contributed by atoms with Gasteiger partial charge in [-0.3, -0.25) is 4.79 Å². The molecule has 2 atom stereocenters. The maximum Gasteiger partial charge on any atom is 0.387 e. The zero-order chi connectivity index (χ0) is 23.3. The van der Waals surface area contributed by atoms with E-state index in [9.17, 15) is 18.0 Å². The Kier molecular flexibility index (Phi) is 5.19. The first-order valence-corrected chi connectivity index (χ1v) is 10.7. The lowest BCUT2D eigenvalue weighted by atomic mass is 9.73. The molecule has 0 spiro atoms. The summed E-state index contributed by atoms with van der Waals surface area (Å²) in [5.41, 5.74) is 8.67. The first kappa shape index (κ1) is 21.6. The quantitative estimate of drug-likeness (QED) is 0.560. The maximum atomic E-state index is 13.3. The smallest absolute Gasteiger partial charge is 0.387 e. The Morgan fingerprint density at radius 2 is 2.03 bits per heavy atom. The van der Waals surface area contributed by atoms with E-state index in [4.69, 9.17) is 10.5 Å². The molecule has 0 radical (unpaired) electrons. The van der Waals surface area contributed by atoms with Gasteiger partial charge in [0.25, 0.3) is 5.91 Å². The third-order valence-electron chi connectivity index (χ3n) is 6.41. The minimum absolute atomic E-state index is 0.0306. The minimum atomic E-state index is -3.17. The van der Waals surface area contributed by atoms with Crippen molar-refractivity contribution in [3.8, 4) is 22.6 Å². The van der Waals surface area contributed by atoms with Crippen molar-refractivity contribution in [1.82, 2.24) is 14.9 Å². The van der Waals surface area contributed by atoms with Crippen molar-refractivity contribution in [2.45, 2.75) is 50.0 Å². The third kappa shape index (κ3) is 3.88. The summed E-state index contributed by atoms with van der Waals surface area (Å²) in [5.74, 6) is -1.07. The van der Waals surface area contributed by atoms with Crippen LogP contribution in [0.4, 0.5) is 13.2 Å². The van der Waals surface area contributed by atoms with Gasteiger partial charge in [-0.2, -0.15) is 13.9 Å². The van der Waals surface area contributed by atoms with Crippen LogP contribution in [0.5, 0.6) is 11.5 Å². The number of hydrogen-bond acceptors (Lipinski definition) is 5. The summed E-state index contributed by atoms with van der Waals surface area (Å²) in [4.78, 5) is 12.7. The van der Waals surface area contributed by atoms with Gasteiger partial charge in [0.15, 0.2) is 0 Å². The first-order valence-electron chi connectivity index (χ1n) is 10.7. The van der Waals surface area contributed by atoms with E-state index in [1.165, 1.54) is 13.2 Å². The van der Waals surface area contributed by atoms with Crippen LogP contribution >= 0.6 is 0 Å². The Hall–Kier alpha value is -3.27. The largest absolute Gasteiger partial charge is 0.496 e. The van der Waals surface area contributed by atoms with E-state index in [2.05, 4.69) is 15.2 Å². The van der Waals surface area contributed by atoms with Gasteiger partial charge < -0.3 is 20.5 Å². The molecule has 33 heavy (non-hydrogen) atoms. The molecule has 2 unspecified atom stereocenters. The Bertz CT molecular complexity index is 1230. The van der Waals surface area contributed by atoms with Crippen LogP contribution in [-0.2, 0) is 5.54 Å². The third-order valence-corrected chi connectivity index (χ3v) is 6.41. The van der Waals surface area contributed by atoms with E-state index in [1.54, 1.807) is 16.8 Å². The summed E-state index contributed by atoms with van der Waals surface area (Å²) in [5, 5.41) is 6.87. The molecule has 1 amide bonds. The number of ether oxygens (including phenoxy) is 2. The van der Waals surface area contributed by atoms with Crippen molar-refractivity contribution in [2.24, 2.45) is 5.73 Å². The van der Waals surface area contributed by atoms with Crippen LogP contribution in [0.2, 0.25) is 0 Å². The SMILES string of the molecule is COc1cc(-c2cnn3cc(C4(N)CCC4)ccc23)cc(OC(F)F)c1C(=O)NC1CC1F. The number of carbonyl (C=O) groups is 1. The fourth-order valence-corrected chi connectivity index (χ4v) is 4.22. The van der Waals surface area contributed by atoms with Crippen LogP contribution in [-0.4, -0.2) is 41.5 Å². The predicted octanol–water partition coefficient (Wildman–Crippen LogP) is 3.79. The maximum absolute atomic E-state index is 13.3. The summed E-state index contributed by atoms with van der Waals surface area (Å²) in [6.45, 7) is -3.17. The molecule has 174 valence electrons. The summed E-state index contributed by atoms with van der Waals surface area (Å²) in [7, 11) is 1.32. The molecule has 0 aliphatic heterocycles. The average molecular weight is 460 g/mol. The highest BCUT2D eigenvalue weighted by Crippen LogP contribution is 2.41. The number of nitrogens with one attached hydrogen (secondary N) is 1. The van der Waals surface area contributed by atoms with E-state index in [1.807, 2.05) is 18.3 Å². The summed E-state index contributed by atoms with van der Waals surface area (Å²) >= 11 is 0. The Balaban J connectivity index is 1.56. The lowest BCUT2D eigenvalue weighted by molar-refractivity contribution is -0.0502. The molecular weight excluding hydrogens is 437 g/mol. The predicted molar refractivity (Wildman–Crippen MR) is 114 cm³/mol. The fourth-order valence-electron chi connectivity index (χ4n) is 4.22. The standard InChI is InChI=1S/C23H23F3N4O3/c1-32-18-7-12(8-19(33-22(25)26)20(18)21(31)29-16-9-15(16)24)14-10-28-30-11-13(3-4-17(14)30)23(27)5-2-6-23/h3-4,7-8,10-11,15-16,22H,2,5-6,9,27H2,1H3,(H,29,31). The second kappa shape index (κ2) is 7.95. The molecule has 2 saturated carbocycles. The van der Waals surface area contributed by atoms with Gasteiger partial charge in [0, 0.05) is 23.7 Å². The number of nitrogens with zero attached hydrogens (tertiary/aromatic N) is 2. The van der Waals surface area contributed by atoms with E-state index in [-0.39, 0.29) is 29.0 Å². The molecule has 10 heteroatoms. The van der Waals surface area contributed by atoms with Crippen LogP contribution in [0.3, 0.4) is 0 Å². The van der Waals surface area contributed by atoms with Crippen LogP contribution in [0.25, 0.3) is 16.6 Å². The summed E-state index contributed by atoms with van der Waals surface area (Å²) in [6, 6.07) is 6.06. The number of rotatable bonds is 7. The molecular formula is C23H23F3N4O3. The lowest BCUT2D eigenvalue weighted by Gasteiger charge is -2.38. The molecule has 1 aromatic carbocycles. The van der Waals surface area contributed by atoms with Crippen molar-refractivity contribution < 1.29 is 27.4 Å². The zero-order valence-electron chi connectivity index (χ0n) is 17.9. The van der Waals surface area contributed by atoms with Crippen molar-refractivity contribution in [2.75, 3.05) is 7.11 Å². The molecule has 2 aromatic heterocycles. The van der Waals surface area contributed by atoms with Crippen molar-refractivity contribution in [1.29, 1.82) is 0 Å². The Labute approximate surface area is 187 Å². The van der Waals surface area contributed by atoms with Crippen LogP contribution in [0.1, 0.15) is 41.6 Å². The van der Waals surface area contributed by atoms with Crippen LogP contribution in [0.15, 0.2) is 36.7 Å². The highest BCUT2D eigenvalue weighted by molar-refractivity contribution is 6.01. The zero-order valence-corrected chi connectivity index (χ0v) is 17.9. The minimum Gasteiger partial charge on any atom is -0.496 e. The number of pyridine rings is 1. The number of alkyl halides is 3. The van der Waals surface area contributed by atoms with E-state index in [0.29, 0.717) is 11.1 Å². The number of aromatic nitrogens is 2. The Morgan fingerprint density at radius 3 is 2.64 bits per heavy atom. The molecule has 0 bridgehead atoms. The molecule has 0 saturated heterocycles. The molecule has 3 N–H and O–H groups in total. The highest BCUT2D eigenvalue weighted by atomic mass is 19.3. The topological polar surface area (TPSA) is 90.9 Å². The van der Waals surface area contributed by atoms with Crippen LogP contribution < -0.4 is 20.5 Å². The van der Waals surface area contributed by atoms with Crippen molar-refractivity contribution in [3.63, 3.8) is 0 Å². The highest BCUT2D eigenvalue weighted by Gasteiger charge is 2.40. The van der Waals surface area contributed by atoms with Gasteiger partial charge in [-0.25, -0.2) is 8.91 Å². The molecule has 2 fully saturated rings. The second-order valence-corrected chi connectivity index (χ2v) is 8.58. The molecule has 2 heterocycles. The van der Waals surface area contributed by atoms with Gasteiger partial charge in [0.05, 0.1) is 24.9 Å². The van der Waals surface area contributed by atoms with Gasteiger partial charge in [-0.1, -0.05) is 6.07 Å². The first-order chi connectivity index (χ1) is 15.8. The fraction of sp³-hybridized carbons (Fsp3) is 0.391. The second-order valence-electron chi connectivity index (χ2n) is 8.58. The number of nitrogens with two attached hydrogens (primary N) is 1. The van der Waals surface area contributed by atoms with E-state index in [0.717, 1.165) is 30.3 Å². The number of hydrogen-bond donors (Lipinski definition) is 2. The number of halogens is 3. The lowest BCUT2D eigenvalue weighted by Crippen LogP contribution is -2.43. The van der Waals surface area contributed by atoms with Gasteiger partial charge in [-0.15, -0.1) is 0 Å². The number of carbonyl (C=O) groups excluding carboxylic acids is 1. The monoisotopic (exact) mass is 460 g/mol. The molecule has 5 rings (SSSR count). The van der Waals surface area contributed by atoms with Crippen LogP contribution in [0, 0.1) is 0 Å². The Morgan fingerprint density at radius 1 is 1.30 bits per heavy atom. The molecule has 2 aliphatic rings. The van der Waals surface area contributed by atoms with Gasteiger partial charge in [0.1, 0.15) is 23.2 Å². The molecule has 3 aromatic rings. The number of fused-ring (bicyclic) bond motifs is 1. The van der Waals surface area contributed by atoms with Crippen molar-refractivity contribution in [3.05, 3.63) is 47.8 Å². The molecule has 2 aliphatic carbocycles.